The maximum atomic E-state index is 13.5. The molecule has 4 aromatic carbocycles. The molecule has 0 radical (unpaired) electrons. The summed E-state index contributed by atoms with van der Waals surface area (Å²) in [6.07, 6.45) is 2.15. The fraction of sp³-hybridized carbons (Fsp3) is 0.121. The van der Waals surface area contributed by atoms with Crippen LogP contribution in [0.3, 0.4) is 0 Å². The Balaban J connectivity index is 1.48. The van der Waals surface area contributed by atoms with E-state index in [0.29, 0.717) is 23.4 Å². The lowest BCUT2D eigenvalue weighted by molar-refractivity contribution is -0.116. The van der Waals surface area contributed by atoms with Crippen LogP contribution in [0.2, 0.25) is 0 Å². The van der Waals surface area contributed by atoms with Crippen LogP contribution in [0, 0.1) is 6.92 Å². The van der Waals surface area contributed by atoms with E-state index < -0.39 is 27.1 Å². The number of nitrogens with two attached hydrogens (primary N) is 1. The summed E-state index contributed by atoms with van der Waals surface area (Å²) in [6, 6.07) is 28.8. The largest absolute Gasteiger partial charge is 0.325 e. The molecule has 4 rings (SSSR count). The number of benzene rings is 4. The molecule has 44 heavy (non-hydrogen) atoms. The first-order valence-electron chi connectivity index (χ1n) is 13.7. The molecule has 226 valence electrons. The van der Waals surface area contributed by atoms with Crippen molar-refractivity contribution in [1.29, 1.82) is 0 Å². The third-order valence-corrected chi connectivity index (χ3v) is 8.79. The van der Waals surface area contributed by atoms with Crippen molar-refractivity contribution >= 4 is 57.0 Å². The number of carbonyl (C=O) groups is 3. The van der Waals surface area contributed by atoms with Gasteiger partial charge in [-0.2, -0.15) is 0 Å². The van der Waals surface area contributed by atoms with Crippen molar-refractivity contribution in [3.63, 3.8) is 0 Å². The first-order valence-corrected chi connectivity index (χ1v) is 16.1. The summed E-state index contributed by atoms with van der Waals surface area (Å²) in [5.74, 6) is -1.18. The molecule has 0 spiro atoms. The maximum absolute atomic E-state index is 13.5. The van der Waals surface area contributed by atoms with Crippen LogP contribution in [0.5, 0.6) is 0 Å². The van der Waals surface area contributed by atoms with Gasteiger partial charge in [0, 0.05) is 21.8 Å². The van der Waals surface area contributed by atoms with Crippen LogP contribution < -0.4 is 21.1 Å². The predicted molar refractivity (Wildman–Crippen MR) is 175 cm³/mol. The number of thioether (sulfide) groups is 1. The fourth-order valence-corrected chi connectivity index (χ4v) is 5.66. The van der Waals surface area contributed by atoms with Gasteiger partial charge in [0.2, 0.25) is 15.9 Å². The number of anilines is 2. The summed E-state index contributed by atoms with van der Waals surface area (Å²) in [6.45, 7) is 3.80. The topological polar surface area (TPSA) is 147 Å². The normalized spacial score (nSPS) is 12.2. The van der Waals surface area contributed by atoms with E-state index in [1.807, 2.05) is 44.2 Å². The molecule has 9 nitrogen and oxygen atoms in total. The highest BCUT2D eigenvalue weighted by atomic mass is 32.2. The molecule has 0 bridgehead atoms. The number of hydrogen-bond acceptors (Lipinski definition) is 6. The van der Waals surface area contributed by atoms with Gasteiger partial charge in [-0.3, -0.25) is 14.4 Å². The highest BCUT2D eigenvalue weighted by Gasteiger charge is 2.20. The van der Waals surface area contributed by atoms with Crippen LogP contribution in [0.15, 0.2) is 119 Å². The van der Waals surface area contributed by atoms with Gasteiger partial charge in [0.15, 0.2) is 0 Å². The lowest BCUT2D eigenvalue weighted by Crippen LogP contribution is -2.30. The summed E-state index contributed by atoms with van der Waals surface area (Å²) in [7, 11) is -3.84. The van der Waals surface area contributed by atoms with Crippen LogP contribution in [0.25, 0.3) is 6.08 Å². The Morgan fingerprint density at radius 3 is 2.18 bits per heavy atom. The first-order chi connectivity index (χ1) is 21.0. The molecule has 0 aliphatic heterocycles. The number of primary sulfonamides is 1. The number of hydrogen-bond donors (Lipinski definition) is 4. The summed E-state index contributed by atoms with van der Waals surface area (Å²) < 4.78 is 23.0. The van der Waals surface area contributed by atoms with E-state index >= 15 is 0 Å². The van der Waals surface area contributed by atoms with Crippen molar-refractivity contribution in [2.24, 2.45) is 5.14 Å². The third-order valence-electron chi connectivity index (χ3n) is 6.50. The predicted octanol–water partition coefficient (Wildman–Crippen LogP) is 5.56. The van der Waals surface area contributed by atoms with Crippen LogP contribution in [-0.4, -0.2) is 31.4 Å². The second-order valence-electron chi connectivity index (χ2n) is 9.79. The highest BCUT2D eigenvalue weighted by Crippen LogP contribution is 2.29. The van der Waals surface area contributed by atoms with Gasteiger partial charge in [-0.05, 0) is 85.1 Å². The minimum atomic E-state index is -3.84. The number of carbonyl (C=O) groups excluding carboxylic acids is 3. The Kier molecular flexibility index (Phi) is 10.7. The average Bonchev–Trinajstić information content (AvgIpc) is 3.01. The van der Waals surface area contributed by atoms with Crippen molar-refractivity contribution in [2.75, 3.05) is 10.6 Å². The molecule has 0 fully saturated rings. The third kappa shape index (κ3) is 8.90. The van der Waals surface area contributed by atoms with Crippen LogP contribution in [0.1, 0.15) is 34.8 Å². The van der Waals surface area contributed by atoms with Gasteiger partial charge in [-0.15, -0.1) is 11.8 Å². The van der Waals surface area contributed by atoms with Gasteiger partial charge in [0.1, 0.15) is 5.70 Å². The molecule has 0 aliphatic rings. The molecule has 5 N–H and O–H groups in total. The summed E-state index contributed by atoms with van der Waals surface area (Å²) in [5.41, 5.74) is 3.14. The molecular weight excluding hydrogens is 597 g/mol. The minimum absolute atomic E-state index is 0.0488. The summed E-state index contributed by atoms with van der Waals surface area (Å²) >= 11 is 1.32. The van der Waals surface area contributed by atoms with Gasteiger partial charge >= 0.3 is 0 Å². The molecule has 0 saturated heterocycles. The van der Waals surface area contributed by atoms with E-state index in [0.717, 1.165) is 16.0 Å². The molecule has 3 amide bonds. The number of sulfonamides is 1. The highest BCUT2D eigenvalue weighted by molar-refractivity contribution is 8.00. The number of nitrogens with one attached hydrogen (secondary N) is 3. The second-order valence-corrected chi connectivity index (χ2v) is 12.6. The van der Waals surface area contributed by atoms with Gasteiger partial charge in [-0.25, -0.2) is 13.6 Å². The van der Waals surface area contributed by atoms with Crippen molar-refractivity contribution in [3.8, 4) is 0 Å². The van der Waals surface area contributed by atoms with Crippen molar-refractivity contribution in [1.82, 2.24) is 5.32 Å². The van der Waals surface area contributed by atoms with Crippen LogP contribution in [0.4, 0.5) is 11.4 Å². The Morgan fingerprint density at radius 2 is 1.52 bits per heavy atom. The van der Waals surface area contributed by atoms with E-state index in [4.69, 9.17) is 5.14 Å². The van der Waals surface area contributed by atoms with Gasteiger partial charge in [0.05, 0.1) is 10.1 Å². The van der Waals surface area contributed by atoms with Crippen LogP contribution in [-0.2, 0) is 19.6 Å². The van der Waals surface area contributed by atoms with E-state index in [-0.39, 0.29) is 16.5 Å². The zero-order valence-electron chi connectivity index (χ0n) is 24.1. The zero-order chi connectivity index (χ0) is 31.7. The molecule has 4 aromatic rings. The molecule has 0 heterocycles. The SMILES string of the molecule is CCC(Sc1cccc(NC(=O)/C(=C/c2ccccc2C)NC(=O)c2ccccc2)c1)C(=O)Nc1ccc(S(N)(=O)=O)cc1. The number of rotatable bonds is 11. The lowest BCUT2D eigenvalue weighted by Gasteiger charge is -2.16. The van der Waals surface area contributed by atoms with E-state index in [1.165, 1.54) is 36.0 Å². The van der Waals surface area contributed by atoms with Crippen molar-refractivity contribution in [2.45, 2.75) is 35.3 Å². The van der Waals surface area contributed by atoms with Gasteiger partial charge in [-0.1, -0.05) is 55.5 Å². The molecular formula is C33H32N4O5S2. The molecule has 0 aliphatic carbocycles. The molecule has 0 aromatic heterocycles. The van der Waals surface area contributed by atoms with E-state index in [9.17, 15) is 22.8 Å². The number of aryl methyl sites for hydroxylation is 1. The Labute approximate surface area is 261 Å². The minimum Gasteiger partial charge on any atom is -0.325 e. The Bertz CT molecular complexity index is 1790. The molecule has 1 atom stereocenters. The zero-order valence-corrected chi connectivity index (χ0v) is 25.7. The van der Waals surface area contributed by atoms with E-state index in [1.54, 1.807) is 54.6 Å². The fourth-order valence-electron chi connectivity index (χ4n) is 4.13. The standard InChI is InChI=1S/C33H32N4O5S2/c1-3-30(33(40)35-25-16-18-28(19-17-25)44(34,41)42)43-27-15-9-14-26(21-27)36-32(39)29(20-24-13-8-7-10-22(24)2)37-31(38)23-11-5-4-6-12-23/h4-21,30H,3H2,1-2H3,(H,35,40)(H,36,39)(H,37,38)(H2,34,41,42)/b29-20-. The van der Waals surface area contributed by atoms with Crippen LogP contribution >= 0.6 is 11.8 Å². The quantitative estimate of drug-likeness (QED) is 0.126. The smallest absolute Gasteiger partial charge is 0.272 e. The number of amides is 3. The van der Waals surface area contributed by atoms with Gasteiger partial charge < -0.3 is 16.0 Å². The maximum Gasteiger partial charge on any atom is 0.272 e. The summed E-state index contributed by atoms with van der Waals surface area (Å²) in [4.78, 5) is 40.1. The first kappa shape index (κ1) is 32.2. The summed E-state index contributed by atoms with van der Waals surface area (Å²) in [5, 5.41) is 13.1. The second kappa shape index (κ2) is 14.6. The van der Waals surface area contributed by atoms with E-state index in [2.05, 4.69) is 16.0 Å². The van der Waals surface area contributed by atoms with Gasteiger partial charge in [0.25, 0.3) is 11.8 Å². The lowest BCUT2D eigenvalue weighted by atomic mass is 10.1. The van der Waals surface area contributed by atoms with Crippen molar-refractivity contribution < 1.29 is 22.8 Å². The average molecular weight is 629 g/mol. The molecule has 11 heteroatoms. The molecule has 1 unspecified atom stereocenters. The Hall–Kier alpha value is -4.71. The molecule has 0 saturated carbocycles. The van der Waals surface area contributed by atoms with Crippen molar-refractivity contribution in [3.05, 3.63) is 126 Å². The monoisotopic (exact) mass is 628 g/mol. The Morgan fingerprint density at radius 1 is 0.841 bits per heavy atom.